The predicted octanol–water partition coefficient (Wildman–Crippen LogP) is 0.311. The first-order valence-corrected chi connectivity index (χ1v) is 3.81. The average Bonchev–Trinajstić information content (AvgIpc) is 2.18. The molecule has 72 valence electrons. The topological polar surface area (TPSA) is 72.3 Å². The number of ether oxygens (including phenoxy) is 1. The molecule has 0 fully saturated rings. The second-order valence-electron chi connectivity index (χ2n) is 2.33. The van der Waals surface area contributed by atoms with E-state index in [1.54, 1.807) is 12.1 Å². The van der Waals surface area contributed by atoms with Gasteiger partial charge in [-0.3, -0.25) is 4.79 Å². The van der Waals surface area contributed by atoms with E-state index in [0.717, 1.165) is 0 Å². The van der Waals surface area contributed by atoms with Crippen LogP contribution in [-0.2, 0) is 4.79 Å². The zero-order valence-corrected chi connectivity index (χ0v) is 7.52. The van der Waals surface area contributed by atoms with E-state index >= 15 is 0 Å². The molecule has 0 aliphatic rings. The zero-order valence-electron chi connectivity index (χ0n) is 7.52. The molecule has 1 N–H and O–H groups in total. The third kappa shape index (κ3) is 3.11. The Morgan fingerprint density at radius 2 is 2.36 bits per heavy atom. The van der Waals surface area contributed by atoms with Gasteiger partial charge in [0.2, 0.25) is 5.88 Å². The van der Waals surface area contributed by atoms with Gasteiger partial charge in [-0.1, -0.05) is 5.92 Å². The minimum Gasteiger partial charge on any atom is -0.481 e. The molecule has 0 saturated heterocycles. The third-order valence-corrected chi connectivity index (χ3v) is 1.31. The van der Waals surface area contributed by atoms with Crippen molar-refractivity contribution in [3.05, 3.63) is 17.8 Å². The first kappa shape index (κ1) is 9.99. The van der Waals surface area contributed by atoms with Crippen LogP contribution in [0.3, 0.4) is 0 Å². The van der Waals surface area contributed by atoms with E-state index in [4.69, 9.17) is 9.84 Å². The number of carboxylic acid groups (broad SMARTS) is 1. The van der Waals surface area contributed by atoms with Gasteiger partial charge in [-0.15, -0.1) is 10.2 Å². The Bertz CT molecular complexity index is 375. The van der Waals surface area contributed by atoms with E-state index in [0.29, 0.717) is 11.6 Å². The van der Waals surface area contributed by atoms with Gasteiger partial charge >= 0.3 is 5.97 Å². The summed E-state index contributed by atoms with van der Waals surface area (Å²) in [7, 11) is 1.49. The summed E-state index contributed by atoms with van der Waals surface area (Å²) in [5, 5.41) is 15.7. The summed E-state index contributed by atoms with van der Waals surface area (Å²) in [5.41, 5.74) is 0.423. The number of carbonyl (C=O) groups is 1. The van der Waals surface area contributed by atoms with Crippen molar-refractivity contribution in [1.29, 1.82) is 0 Å². The number of carboxylic acids is 1. The molecular weight excluding hydrogens is 184 g/mol. The summed E-state index contributed by atoms with van der Waals surface area (Å²) in [5.74, 6) is 4.45. The van der Waals surface area contributed by atoms with E-state index in [1.165, 1.54) is 7.11 Å². The Labute approximate surface area is 80.7 Å². The van der Waals surface area contributed by atoms with Gasteiger partial charge in [0.15, 0.2) is 0 Å². The van der Waals surface area contributed by atoms with E-state index in [9.17, 15) is 4.79 Å². The lowest BCUT2D eigenvalue weighted by atomic mass is 10.3. The molecule has 1 rings (SSSR count). The summed E-state index contributed by atoms with van der Waals surface area (Å²) < 4.78 is 4.80. The van der Waals surface area contributed by atoms with Crippen LogP contribution in [0.2, 0.25) is 0 Å². The molecule has 0 spiro atoms. The Morgan fingerprint density at radius 3 is 2.86 bits per heavy atom. The molecule has 0 amide bonds. The van der Waals surface area contributed by atoms with Gasteiger partial charge in [-0.25, -0.2) is 0 Å². The predicted molar refractivity (Wildman–Crippen MR) is 47.7 cm³/mol. The van der Waals surface area contributed by atoms with Crippen LogP contribution in [-0.4, -0.2) is 28.4 Å². The van der Waals surface area contributed by atoms with Crippen LogP contribution in [0.5, 0.6) is 5.88 Å². The van der Waals surface area contributed by atoms with Gasteiger partial charge in [0.25, 0.3) is 0 Å². The lowest BCUT2D eigenvalue weighted by Gasteiger charge is -1.94. The maximum Gasteiger partial charge on any atom is 0.315 e. The summed E-state index contributed by atoms with van der Waals surface area (Å²) in [6, 6.07) is 3.22. The number of aromatic nitrogens is 2. The van der Waals surface area contributed by atoms with E-state index in [-0.39, 0.29) is 6.42 Å². The highest BCUT2D eigenvalue weighted by atomic mass is 16.5. The number of methoxy groups -OCH3 is 1. The van der Waals surface area contributed by atoms with Gasteiger partial charge in [-0.05, 0) is 12.0 Å². The van der Waals surface area contributed by atoms with Crippen molar-refractivity contribution in [1.82, 2.24) is 10.2 Å². The number of nitrogens with zero attached hydrogens (tertiary/aromatic N) is 2. The second kappa shape index (κ2) is 4.82. The monoisotopic (exact) mass is 192 g/mol. The maximum absolute atomic E-state index is 10.1. The smallest absolute Gasteiger partial charge is 0.315 e. The standard InChI is InChI=1S/C9H8N2O3/c1-14-8-6-5-7(10-11-8)3-2-4-9(12)13/h5-6H,4H2,1H3,(H,12,13). The minimum atomic E-state index is -0.959. The third-order valence-electron chi connectivity index (χ3n) is 1.31. The highest BCUT2D eigenvalue weighted by molar-refractivity contribution is 5.70. The van der Waals surface area contributed by atoms with Crippen LogP contribution in [0.4, 0.5) is 0 Å². The maximum atomic E-state index is 10.1. The van der Waals surface area contributed by atoms with Crippen molar-refractivity contribution in [2.45, 2.75) is 6.42 Å². The largest absolute Gasteiger partial charge is 0.481 e. The highest BCUT2D eigenvalue weighted by Crippen LogP contribution is 2.01. The molecule has 0 bridgehead atoms. The van der Waals surface area contributed by atoms with Crippen molar-refractivity contribution in [3.63, 3.8) is 0 Å². The quantitative estimate of drug-likeness (QED) is 0.683. The van der Waals surface area contributed by atoms with Crippen molar-refractivity contribution < 1.29 is 14.6 Å². The van der Waals surface area contributed by atoms with E-state index in [1.807, 2.05) is 0 Å². The van der Waals surface area contributed by atoms with Crippen molar-refractivity contribution in [2.75, 3.05) is 7.11 Å². The lowest BCUT2D eigenvalue weighted by Crippen LogP contribution is -1.93. The van der Waals surface area contributed by atoms with Crippen LogP contribution in [0.15, 0.2) is 12.1 Å². The Hall–Kier alpha value is -2.09. The van der Waals surface area contributed by atoms with E-state index in [2.05, 4.69) is 22.0 Å². The molecule has 1 aromatic heterocycles. The molecule has 1 aromatic rings. The van der Waals surface area contributed by atoms with Gasteiger partial charge < -0.3 is 9.84 Å². The molecule has 0 aromatic carbocycles. The first-order valence-electron chi connectivity index (χ1n) is 3.81. The molecule has 0 saturated carbocycles. The molecule has 5 heteroatoms. The van der Waals surface area contributed by atoms with Crippen LogP contribution >= 0.6 is 0 Å². The Morgan fingerprint density at radius 1 is 1.57 bits per heavy atom. The van der Waals surface area contributed by atoms with Gasteiger partial charge in [0, 0.05) is 6.07 Å². The lowest BCUT2D eigenvalue weighted by molar-refractivity contribution is -0.135. The van der Waals surface area contributed by atoms with Crippen molar-refractivity contribution in [2.24, 2.45) is 0 Å². The first-order chi connectivity index (χ1) is 6.72. The normalized spacial score (nSPS) is 8.64. The van der Waals surface area contributed by atoms with Crippen molar-refractivity contribution in [3.8, 4) is 17.7 Å². The summed E-state index contributed by atoms with van der Waals surface area (Å²) in [4.78, 5) is 10.1. The number of hydrogen-bond acceptors (Lipinski definition) is 4. The fraction of sp³-hybridized carbons (Fsp3) is 0.222. The second-order valence-corrected chi connectivity index (χ2v) is 2.33. The zero-order chi connectivity index (χ0) is 10.4. The molecule has 0 unspecified atom stereocenters. The number of aliphatic carboxylic acids is 1. The molecule has 5 nitrogen and oxygen atoms in total. The highest BCUT2D eigenvalue weighted by Gasteiger charge is 1.93. The van der Waals surface area contributed by atoms with Crippen LogP contribution < -0.4 is 4.74 Å². The molecular formula is C9H8N2O3. The molecule has 0 atom stereocenters. The summed E-state index contributed by atoms with van der Waals surface area (Å²) in [6.07, 6.45) is -0.201. The van der Waals surface area contributed by atoms with E-state index < -0.39 is 5.97 Å². The van der Waals surface area contributed by atoms with Gasteiger partial charge in [0.1, 0.15) is 12.1 Å². The Balaban J connectivity index is 2.66. The fourth-order valence-electron chi connectivity index (χ4n) is 0.706. The molecule has 0 radical (unpaired) electrons. The Kier molecular flexibility index (Phi) is 3.44. The molecule has 0 aliphatic carbocycles. The number of rotatable bonds is 2. The molecule has 14 heavy (non-hydrogen) atoms. The molecule has 0 aliphatic heterocycles. The van der Waals surface area contributed by atoms with Crippen LogP contribution in [0.25, 0.3) is 0 Å². The van der Waals surface area contributed by atoms with Crippen LogP contribution in [0.1, 0.15) is 12.1 Å². The fourth-order valence-corrected chi connectivity index (χ4v) is 0.706. The SMILES string of the molecule is COc1ccc(C#CCC(=O)O)nn1. The number of hydrogen-bond donors (Lipinski definition) is 1. The average molecular weight is 192 g/mol. The summed E-state index contributed by atoms with van der Waals surface area (Å²) in [6.45, 7) is 0. The molecule has 1 heterocycles. The van der Waals surface area contributed by atoms with Gasteiger partial charge in [-0.2, -0.15) is 0 Å². The van der Waals surface area contributed by atoms with Crippen LogP contribution in [0, 0.1) is 11.8 Å². The summed E-state index contributed by atoms with van der Waals surface area (Å²) >= 11 is 0. The van der Waals surface area contributed by atoms with Gasteiger partial charge in [0.05, 0.1) is 7.11 Å². The minimum absolute atomic E-state index is 0.201. The van der Waals surface area contributed by atoms with Crippen molar-refractivity contribution >= 4 is 5.97 Å².